The minimum atomic E-state index is -0.0162. The van der Waals surface area contributed by atoms with Crippen molar-refractivity contribution in [1.29, 1.82) is 0 Å². The summed E-state index contributed by atoms with van der Waals surface area (Å²) in [6, 6.07) is 0. The van der Waals surface area contributed by atoms with E-state index in [4.69, 9.17) is 4.74 Å². The predicted molar refractivity (Wildman–Crippen MR) is 60.8 cm³/mol. The SMILES string of the molecule is CC(C)OCC(=O)N(C)Cc1cnn(C)c1. The predicted octanol–water partition coefficient (Wildman–Crippen LogP) is 0.803. The Bertz CT molecular complexity index is 347. The molecule has 1 rings (SSSR count). The molecule has 0 unspecified atom stereocenters. The van der Waals surface area contributed by atoms with Gasteiger partial charge >= 0.3 is 0 Å². The summed E-state index contributed by atoms with van der Waals surface area (Å²) in [4.78, 5) is 13.3. The molecule has 1 aromatic rings. The molecule has 0 N–H and O–H groups in total. The van der Waals surface area contributed by atoms with Gasteiger partial charge in [0.15, 0.2) is 0 Å². The van der Waals surface area contributed by atoms with Gasteiger partial charge in [-0.25, -0.2) is 0 Å². The summed E-state index contributed by atoms with van der Waals surface area (Å²) in [5.41, 5.74) is 1.02. The van der Waals surface area contributed by atoms with Gasteiger partial charge < -0.3 is 9.64 Å². The Morgan fingerprint density at radius 1 is 1.62 bits per heavy atom. The molecule has 90 valence electrons. The number of carbonyl (C=O) groups excluding carboxylic acids is 1. The van der Waals surface area contributed by atoms with Gasteiger partial charge in [-0.05, 0) is 13.8 Å². The van der Waals surface area contributed by atoms with Crippen LogP contribution in [-0.2, 0) is 23.1 Å². The lowest BCUT2D eigenvalue weighted by atomic mass is 10.3. The van der Waals surface area contributed by atoms with Crippen LogP contribution in [0.15, 0.2) is 12.4 Å². The highest BCUT2D eigenvalue weighted by Crippen LogP contribution is 2.02. The fourth-order valence-corrected chi connectivity index (χ4v) is 1.26. The van der Waals surface area contributed by atoms with Gasteiger partial charge in [-0.15, -0.1) is 0 Å². The maximum absolute atomic E-state index is 11.6. The Morgan fingerprint density at radius 2 is 2.31 bits per heavy atom. The number of aryl methyl sites for hydroxylation is 1. The first-order valence-electron chi connectivity index (χ1n) is 5.32. The molecule has 0 aliphatic carbocycles. The zero-order valence-corrected chi connectivity index (χ0v) is 10.3. The standard InChI is InChI=1S/C11H19N3O2/c1-9(2)16-8-11(15)13(3)6-10-5-12-14(4)7-10/h5,7,9H,6,8H2,1-4H3. The number of carbonyl (C=O) groups is 1. The van der Waals surface area contributed by atoms with Crippen LogP contribution in [-0.4, -0.2) is 40.3 Å². The number of aromatic nitrogens is 2. The van der Waals surface area contributed by atoms with E-state index in [1.807, 2.05) is 27.1 Å². The van der Waals surface area contributed by atoms with Crippen molar-refractivity contribution < 1.29 is 9.53 Å². The third-order valence-electron chi connectivity index (χ3n) is 2.14. The van der Waals surface area contributed by atoms with Gasteiger partial charge in [-0.3, -0.25) is 9.48 Å². The van der Waals surface area contributed by atoms with E-state index in [-0.39, 0.29) is 18.6 Å². The van der Waals surface area contributed by atoms with Crippen LogP contribution in [0.25, 0.3) is 0 Å². The van der Waals surface area contributed by atoms with Crippen LogP contribution in [0, 0.1) is 0 Å². The lowest BCUT2D eigenvalue weighted by Crippen LogP contribution is -2.30. The van der Waals surface area contributed by atoms with Gasteiger partial charge in [0.2, 0.25) is 5.91 Å². The van der Waals surface area contributed by atoms with Gasteiger partial charge in [0.25, 0.3) is 0 Å². The van der Waals surface area contributed by atoms with Crippen molar-refractivity contribution in [2.45, 2.75) is 26.5 Å². The smallest absolute Gasteiger partial charge is 0.248 e. The maximum atomic E-state index is 11.6. The van der Waals surface area contributed by atoms with Crippen molar-refractivity contribution in [3.05, 3.63) is 18.0 Å². The van der Waals surface area contributed by atoms with Gasteiger partial charge in [0, 0.05) is 32.4 Å². The summed E-state index contributed by atoms with van der Waals surface area (Å²) in [5.74, 6) is -0.0162. The second-order valence-electron chi connectivity index (χ2n) is 4.13. The van der Waals surface area contributed by atoms with Gasteiger partial charge in [0.1, 0.15) is 6.61 Å². The molecule has 0 bridgehead atoms. The number of nitrogens with zero attached hydrogens (tertiary/aromatic N) is 3. The normalized spacial score (nSPS) is 10.8. The summed E-state index contributed by atoms with van der Waals surface area (Å²) >= 11 is 0. The molecule has 1 amide bonds. The van der Waals surface area contributed by atoms with Gasteiger partial charge in [0.05, 0.1) is 12.3 Å². The lowest BCUT2D eigenvalue weighted by Gasteiger charge is -2.17. The second kappa shape index (κ2) is 5.65. The zero-order chi connectivity index (χ0) is 12.1. The van der Waals surface area contributed by atoms with E-state index in [2.05, 4.69) is 5.10 Å². The molecule has 0 fully saturated rings. The fraction of sp³-hybridized carbons (Fsp3) is 0.636. The van der Waals surface area contributed by atoms with Crippen LogP contribution in [0.5, 0.6) is 0 Å². The van der Waals surface area contributed by atoms with Crippen molar-refractivity contribution in [2.24, 2.45) is 7.05 Å². The number of ether oxygens (including phenoxy) is 1. The van der Waals surface area contributed by atoms with E-state index >= 15 is 0 Å². The van der Waals surface area contributed by atoms with Crippen molar-refractivity contribution in [2.75, 3.05) is 13.7 Å². The summed E-state index contributed by atoms with van der Waals surface area (Å²) < 4.78 is 6.98. The van der Waals surface area contributed by atoms with Crippen LogP contribution in [0.3, 0.4) is 0 Å². The third kappa shape index (κ3) is 4.02. The first kappa shape index (κ1) is 12.7. The van der Waals surface area contributed by atoms with E-state index in [0.717, 1.165) is 5.56 Å². The lowest BCUT2D eigenvalue weighted by molar-refractivity contribution is -0.136. The molecule has 0 saturated heterocycles. The molecule has 16 heavy (non-hydrogen) atoms. The van der Waals surface area contributed by atoms with E-state index in [1.165, 1.54) is 0 Å². The third-order valence-corrected chi connectivity index (χ3v) is 2.14. The number of rotatable bonds is 5. The topological polar surface area (TPSA) is 47.4 Å². The summed E-state index contributed by atoms with van der Waals surface area (Å²) in [7, 11) is 3.62. The Morgan fingerprint density at radius 3 is 2.81 bits per heavy atom. The largest absolute Gasteiger partial charge is 0.369 e. The Labute approximate surface area is 96.0 Å². The maximum Gasteiger partial charge on any atom is 0.248 e. The molecule has 1 heterocycles. The van der Waals surface area contributed by atoms with Crippen LogP contribution in [0.2, 0.25) is 0 Å². The number of hydrogen-bond acceptors (Lipinski definition) is 3. The Kier molecular flexibility index (Phi) is 4.49. The van der Waals surface area contributed by atoms with Crippen molar-refractivity contribution in [1.82, 2.24) is 14.7 Å². The fourth-order valence-electron chi connectivity index (χ4n) is 1.26. The van der Waals surface area contributed by atoms with E-state index in [9.17, 15) is 4.79 Å². The van der Waals surface area contributed by atoms with Crippen molar-refractivity contribution in [3.8, 4) is 0 Å². The molecule has 0 aliphatic heterocycles. The van der Waals surface area contributed by atoms with Crippen molar-refractivity contribution in [3.63, 3.8) is 0 Å². The first-order chi connectivity index (χ1) is 7.49. The van der Waals surface area contributed by atoms with E-state index < -0.39 is 0 Å². The van der Waals surface area contributed by atoms with Crippen molar-refractivity contribution >= 4 is 5.91 Å². The molecule has 0 atom stereocenters. The van der Waals surface area contributed by atoms with Gasteiger partial charge in [-0.1, -0.05) is 0 Å². The monoisotopic (exact) mass is 225 g/mol. The average Bonchev–Trinajstić information content (AvgIpc) is 2.60. The highest BCUT2D eigenvalue weighted by molar-refractivity contribution is 5.77. The quantitative estimate of drug-likeness (QED) is 0.745. The second-order valence-corrected chi connectivity index (χ2v) is 4.13. The highest BCUT2D eigenvalue weighted by atomic mass is 16.5. The minimum absolute atomic E-state index is 0.0162. The first-order valence-corrected chi connectivity index (χ1v) is 5.32. The Balaban J connectivity index is 2.39. The molecular formula is C11H19N3O2. The summed E-state index contributed by atoms with van der Waals surface area (Å²) in [6.45, 7) is 4.52. The number of likely N-dealkylation sites (N-methyl/N-ethyl adjacent to an activating group) is 1. The molecule has 0 spiro atoms. The molecular weight excluding hydrogens is 206 g/mol. The molecule has 5 heteroatoms. The molecule has 0 aromatic carbocycles. The molecule has 0 saturated carbocycles. The molecule has 0 aliphatic rings. The van der Waals surface area contributed by atoms with E-state index in [1.54, 1.807) is 22.8 Å². The highest BCUT2D eigenvalue weighted by Gasteiger charge is 2.10. The summed E-state index contributed by atoms with van der Waals surface area (Å²) in [6.07, 6.45) is 3.73. The van der Waals surface area contributed by atoms with Gasteiger partial charge in [-0.2, -0.15) is 5.10 Å². The number of amides is 1. The van der Waals surface area contributed by atoms with Crippen LogP contribution < -0.4 is 0 Å². The molecule has 5 nitrogen and oxygen atoms in total. The molecule has 1 aromatic heterocycles. The molecule has 0 radical (unpaired) electrons. The minimum Gasteiger partial charge on any atom is -0.369 e. The van der Waals surface area contributed by atoms with E-state index in [0.29, 0.717) is 6.54 Å². The number of hydrogen-bond donors (Lipinski definition) is 0. The van der Waals surface area contributed by atoms with Crippen LogP contribution in [0.1, 0.15) is 19.4 Å². The Hall–Kier alpha value is -1.36. The van der Waals surface area contributed by atoms with Crippen LogP contribution in [0.4, 0.5) is 0 Å². The summed E-state index contributed by atoms with van der Waals surface area (Å²) in [5, 5.41) is 4.05. The zero-order valence-electron chi connectivity index (χ0n) is 10.3. The average molecular weight is 225 g/mol. The van der Waals surface area contributed by atoms with Crippen LogP contribution >= 0.6 is 0 Å².